The summed E-state index contributed by atoms with van der Waals surface area (Å²) in [6.07, 6.45) is 0.669. The van der Waals surface area contributed by atoms with E-state index in [0.717, 1.165) is 11.1 Å². The Morgan fingerprint density at radius 1 is 1.26 bits per heavy atom. The first-order valence-electron chi connectivity index (χ1n) is 6.60. The molecule has 0 aliphatic heterocycles. The van der Waals surface area contributed by atoms with Crippen molar-refractivity contribution in [3.8, 4) is 0 Å². The average molecular weight is 284 g/mol. The molecule has 19 heavy (non-hydrogen) atoms. The molecule has 0 saturated heterocycles. The van der Waals surface area contributed by atoms with Crippen molar-refractivity contribution in [2.24, 2.45) is 5.73 Å². The molecule has 0 atom stereocenters. The summed E-state index contributed by atoms with van der Waals surface area (Å²) in [5.41, 5.74) is 7.34. The van der Waals surface area contributed by atoms with Gasteiger partial charge in [-0.25, -0.2) is 8.42 Å². The largest absolute Gasteiger partial charge is 0.330 e. The number of hydrogen-bond donors (Lipinski definition) is 1. The molecule has 0 heterocycles. The second-order valence-electron chi connectivity index (χ2n) is 5.12. The van der Waals surface area contributed by atoms with Crippen LogP contribution in [-0.4, -0.2) is 31.9 Å². The lowest BCUT2D eigenvalue weighted by Gasteiger charge is -2.26. The topological polar surface area (TPSA) is 63.4 Å². The van der Waals surface area contributed by atoms with Gasteiger partial charge >= 0.3 is 0 Å². The zero-order valence-corrected chi connectivity index (χ0v) is 13.0. The molecule has 0 spiro atoms. The van der Waals surface area contributed by atoms with Gasteiger partial charge in [-0.2, -0.15) is 4.31 Å². The lowest BCUT2D eigenvalue weighted by atomic mass is 10.2. The van der Waals surface area contributed by atoms with Gasteiger partial charge in [0.15, 0.2) is 0 Å². The lowest BCUT2D eigenvalue weighted by Crippen LogP contribution is -2.38. The predicted octanol–water partition coefficient (Wildman–Crippen LogP) is 2.05. The van der Waals surface area contributed by atoms with Crippen LogP contribution in [0.3, 0.4) is 0 Å². The Labute approximate surface area is 116 Å². The van der Waals surface area contributed by atoms with E-state index in [2.05, 4.69) is 0 Å². The van der Waals surface area contributed by atoms with Crippen molar-refractivity contribution in [2.75, 3.05) is 13.1 Å². The highest BCUT2D eigenvalue weighted by Crippen LogP contribution is 2.22. The maximum Gasteiger partial charge on any atom is 0.243 e. The van der Waals surface area contributed by atoms with Gasteiger partial charge in [0, 0.05) is 12.6 Å². The third kappa shape index (κ3) is 3.78. The number of hydrogen-bond acceptors (Lipinski definition) is 3. The molecule has 0 bridgehead atoms. The van der Waals surface area contributed by atoms with Crippen molar-refractivity contribution >= 4 is 10.0 Å². The number of benzene rings is 1. The van der Waals surface area contributed by atoms with Gasteiger partial charge in [-0.1, -0.05) is 17.7 Å². The van der Waals surface area contributed by atoms with Gasteiger partial charge in [-0.15, -0.1) is 0 Å². The summed E-state index contributed by atoms with van der Waals surface area (Å²) in [5, 5.41) is 0. The fourth-order valence-electron chi connectivity index (χ4n) is 2.12. The second kappa shape index (κ2) is 6.50. The van der Waals surface area contributed by atoms with E-state index in [0.29, 0.717) is 24.4 Å². The molecule has 108 valence electrons. The van der Waals surface area contributed by atoms with Gasteiger partial charge in [0.05, 0.1) is 4.90 Å². The van der Waals surface area contributed by atoms with E-state index in [1.165, 1.54) is 4.31 Å². The smallest absolute Gasteiger partial charge is 0.243 e. The zero-order chi connectivity index (χ0) is 14.6. The minimum absolute atomic E-state index is 0.0720. The molecule has 0 amide bonds. The van der Waals surface area contributed by atoms with Gasteiger partial charge in [-0.3, -0.25) is 0 Å². The Bertz CT molecular complexity index is 524. The summed E-state index contributed by atoms with van der Waals surface area (Å²) < 4.78 is 26.9. The highest BCUT2D eigenvalue weighted by molar-refractivity contribution is 7.89. The van der Waals surface area contributed by atoms with Crippen LogP contribution in [0.25, 0.3) is 0 Å². The van der Waals surface area contributed by atoms with Crippen molar-refractivity contribution < 1.29 is 8.42 Å². The van der Waals surface area contributed by atoms with E-state index in [9.17, 15) is 8.42 Å². The van der Waals surface area contributed by atoms with E-state index in [1.807, 2.05) is 39.8 Å². The summed E-state index contributed by atoms with van der Waals surface area (Å²) in [6.45, 7) is 8.52. The molecule has 0 radical (unpaired) electrons. The quantitative estimate of drug-likeness (QED) is 0.869. The molecule has 4 nitrogen and oxygen atoms in total. The minimum atomic E-state index is -3.44. The molecule has 1 aromatic rings. The first-order chi connectivity index (χ1) is 8.80. The van der Waals surface area contributed by atoms with Gasteiger partial charge < -0.3 is 5.73 Å². The fraction of sp³-hybridized carbons (Fsp3) is 0.571. The van der Waals surface area contributed by atoms with Gasteiger partial charge in [0.2, 0.25) is 10.0 Å². The molecule has 1 rings (SSSR count). The summed E-state index contributed by atoms with van der Waals surface area (Å²) in [7, 11) is -3.44. The molecule has 1 aromatic carbocycles. The van der Waals surface area contributed by atoms with Crippen LogP contribution in [0.5, 0.6) is 0 Å². The molecule has 0 saturated carbocycles. The summed E-state index contributed by atoms with van der Waals surface area (Å²) in [5.74, 6) is 0. The average Bonchev–Trinajstić information content (AvgIpc) is 2.27. The molecule has 2 N–H and O–H groups in total. The van der Waals surface area contributed by atoms with E-state index >= 15 is 0 Å². The van der Waals surface area contributed by atoms with Gasteiger partial charge in [-0.05, 0) is 52.3 Å². The van der Waals surface area contributed by atoms with Crippen LogP contribution in [0.1, 0.15) is 31.4 Å². The lowest BCUT2D eigenvalue weighted by molar-refractivity contribution is 0.351. The van der Waals surface area contributed by atoms with Crippen LogP contribution in [0.2, 0.25) is 0 Å². The molecule has 0 aliphatic carbocycles. The summed E-state index contributed by atoms with van der Waals surface area (Å²) >= 11 is 0. The standard InChI is InChI=1S/C14H24N2O2S/c1-11(2)16(9-5-8-15)19(17,18)14-7-6-12(3)10-13(14)4/h6-7,10-11H,5,8-9,15H2,1-4H3. The molecule has 0 fully saturated rings. The number of nitrogens with two attached hydrogens (primary N) is 1. The van der Waals surface area contributed by atoms with Crippen LogP contribution in [0.4, 0.5) is 0 Å². The van der Waals surface area contributed by atoms with Crippen LogP contribution >= 0.6 is 0 Å². The highest BCUT2D eigenvalue weighted by atomic mass is 32.2. The van der Waals surface area contributed by atoms with Crippen LogP contribution in [0.15, 0.2) is 23.1 Å². The van der Waals surface area contributed by atoms with Gasteiger partial charge in [0.1, 0.15) is 0 Å². The third-order valence-corrected chi connectivity index (χ3v) is 5.31. The zero-order valence-electron chi connectivity index (χ0n) is 12.2. The number of nitrogens with zero attached hydrogens (tertiary/aromatic N) is 1. The Balaban J connectivity index is 3.19. The maximum atomic E-state index is 12.7. The Morgan fingerprint density at radius 3 is 2.37 bits per heavy atom. The fourth-order valence-corrected chi connectivity index (χ4v) is 4.00. The van der Waals surface area contributed by atoms with E-state index in [-0.39, 0.29) is 6.04 Å². The molecular formula is C14H24N2O2S. The first kappa shape index (κ1) is 16.1. The van der Waals surface area contributed by atoms with Crippen LogP contribution < -0.4 is 5.73 Å². The normalized spacial score (nSPS) is 12.4. The van der Waals surface area contributed by atoms with Crippen LogP contribution in [-0.2, 0) is 10.0 Å². The molecular weight excluding hydrogens is 260 g/mol. The minimum Gasteiger partial charge on any atom is -0.330 e. The van der Waals surface area contributed by atoms with Crippen molar-refractivity contribution in [3.05, 3.63) is 29.3 Å². The van der Waals surface area contributed by atoms with E-state index < -0.39 is 10.0 Å². The Morgan fingerprint density at radius 2 is 1.89 bits per heavy atom. The molecule has 0 aromatic heterocycles. The van der Waals surface area contributed by atoms with E-state index in [4.69, 9.17) is 5.73 Å². The number of rotatable bonds is 6. The SMILES string of the molecule is Cc1ccc(S(=O)(=O)N(CCCN)C(C)C)c(C)c1. The van der Waals surface area contributed by atoms with Crippen molar-refractivity contribution in [1.82, 2.24) is 4.31 Å². The maximum absolute atomic E-state index is 12.7. The second-order valence-corrected chi connectivity index (χ2v) is 6.98. The van der Waals surface area contributed by atoms with Crippen LogP contribution in [0, 0.1) is 13.8 Å². The first-order valence-corrected chi connectivity index (χ1v) is 8.04. The summed E-state index contributed by atoms with van der Waals surface area (Å²) in [4.78, 5) is 0.392. The predicted molar refractivity (Wildman–Crippen MR) is 78.6 cm³/mol. The summed E-state index contributed by atoms with van der Waals surface area (Å²) in [6, 6.07) is 5.35. The molecule has 5 heteroatoms. The van der Waals surface area contributed by atoms with Crippen molar-refractivity contribution in [3.63, 3.8) is 0 Å². The number of sulfonamides is 1. The van der Waals surface area contributed by atoms with Crippen molar-refractivity contribution in [1.29, 1.82) is 0 Å². The van der Waals surface area contributed by atoms with Gasteiger partial charge in [0.25, 0.3) is 0 Å². The molecule has 0 unspecified atom stereocenters. The van der Waals surface area contributed by atoms with Crippen molar-refractivity contribution in [2.45, 2.75) is 45.1 Å². The number of aryl methyl sites for hydroxylation is 2. The van der Waals surface area contributed by atoms with E-state index in [1.54, 1.807) is 6.07 Å². The Kier molecular flexibility index (Phi) is 5.52. The molecule has 0 aliphatic rings. The third-order valence-electron chi connectivity index (χ3n) is 3.08. The monoisotopic (exact) mass is 284 g/mol. The Hall–Kier alpha value is -0.910. The highest BCUT2D eigenvalue weighted by Gasteiger charge is 2.27.